The molecule has 3 nitrogen and oxygen atoms in total. The molecule has 0 radical (unpaired) electrons. The molecule has 0 bridgehead atoms. The van der Waals surface area contributed by atoms with Crippen LogP contribution in [0, 0.1) is 5.92 Å². The number of rotatable bonds is 10. The molecule has 0 heterocycles. The SMILES string of the molecule is CCCNC(CN(CC)CC(C)C)c1ccc(OC)cc1. The Labute approximate surface area is 130 Å². The van der Waals surface area contributed by atoms with Crippen molar-refractivity contribution in [1.82, 2.24) is 10.2 Å². The first-order valence-electron chi connectivity index (χ1n) is 8.20. The van der Waals surface area contributed by atoms with Gasteiger partial charge in [0, 0.05) is 19.1 Å². The molecule has 0 aromatic heterocycles. The molecule has 0 aliphatic rings. The van der Waals surface area contributed by atoms with Crippen LogP contribution in [0.25, 0.3) is 0 Å². The Bertz CT molecular complexity index is 375. The van der Waals surface area contributed by atoms with E-state index in [4.69, 9.17) is 4.74 Å². The van der Waals surface area contributed by atoms with Crippen molar-refractivity contribution < 1.29 is 4.74 Å². The molecule has 21 heavy (non-hydrogen) atoms. The molecule has 1 N–H and O–H groups in total. The van der Waals surface area contributed by atoms with E-state index in [1.807, 2.05) is 0 Å². The predicted molar refractivity (Wildman–Crippen MR) is 91.0 cm³/mol. The first kappa shape index (κ1) is 18.0. The number of hydrogen-bond acceptors (Lipinski definition) is 3. The number of benzene rings is 1. The van der Waals surface area contributed by atoms with Crippen LogP contribution < -0.4 is 10.1 Å². The van der Waals surface area contributed by atoms with Crippen LogP contribution >= 0.6 is 0 Å². The minimum absolute atomic E-state index is 0.384. The fraction of sp³-hybridized carbons (Fsp3) is 0.667. The van der Waals surface area contributed by atoms with Gasteiger partial charge in [-0.05, 0) is 43.1 Å². The summed E-state index contributed by atoms with van der Waals surface area (Å²) in [6, 6.07) is 8.84. The summed E-state index contributed by atoms with van der Waals surface area (Å²) >= 11 is 0. The van der Waals surface area contributed by atoms with Crippen LogP contribution in [0.15, 0.2) is 24.3 Å². The van der Waals surface area contributed by atoms with Gasteiger partial charge in [-0.2, -0.15) is 0 Å². The van der Waals surface area contributed by atoms with Crippen molar-refractivity contribution in [2.24, 2.45) is 5.92 Å². The second-order valence-electron chi connectivity index (χ2n) is 6.03. The second kappa shape index (κ2) is 9.80. The van der Waals surface area contributed by atoms with Crippen molar-refractivity contribution in [2.75, 3.05) is 33.3 Å². The molecule has 1 unspecified atom stereocenters. The van der Waals surface area contributed by atoms with E-state index in [0.717, 1.165) is 38.3 Å². The molecule has 0 amide bonds. The van der Waals surface area contributed by atoms with Gasteiger partial charge in [0.1, 0.15) is 5.75 Å². The highest BCUT2D eigenvalue weighted by atomic mass is 16.5. The summed E-state index contributed by atoms with van der Waals surface area (Å²) in [7, 11) is 1.71. The van der Waals surface area contributed by atoms with Crippen molar-refractivity contribution in [1.29, 1.82) is 0 Å². The summed E-state index contributed by atoms with van der Waals surface area (Å²) in [6.07, 6.45) is 1.16. The molecular weight excluding hydrogens is 260 g/mol. The summed E-state index contributed by atoms with van der Waals surface area (Å²) in [5.74, 6) is 1.62. The minimum Gasteiger partial charge on any atom is -0.497 e. The Morgan fingerprint density at radius 3 is 2.24 bits per heavy atom. The van der Waals surface area contributed by atoms with Crippen molar-refractivity contribution in [3.63, 3.8) is 0 Å². The van der Waals surface area contributed by atoms with Crippen LogP contribution in [-0.4, -0.2) is 38.2 Å². The summed E-state index contributed by atoms with van der Waals surface area (Å²) in [5, 5.41) is 3.68. The Morgan fingerprint density at radius 2 is 1.76 bits per heavy atom. The van der Waals surface area contributed by atoms with Crippen molar-refractivity contribution >= 4 is 0 Å². The fourth-order valence-corrected chi connectivity index (χ4v) is 2.55. The minimum atomic E-state index is 0.384. The van der Waals surface area contributed by atoms with E-state index in [-0.39, 0.29) is 0 Å². The Balaban J connectivity index is 2.77. The van der Waals surface area contributed by atoms with Crippen LogP contribution in [0.3, 0.4) is 0 Å². The van der Waals surface area contributed by atoms with Gasteiger partial charge < -0.3 is 15.0 Å². The Kier molecular flexibility index (Phi) is 8.40. The molecule has 1 aromatic carbocycles. The number of ether oxygens (including phenoxy) is 1. The molecule has 0 spiro atoms. The van der Waals surface area contributed by atoms with Gasteiger partial charge in [0.2, 0.25) is 0 Å². The van der Waals surface area contributed by atoms with Gasteiger partial charge in [-0.15, -0.1) is 0 Å². The molecule has 120 valence electrons. The van der Waals surface area contributed by atoms with E-state index in [0.29, 0.717) is 12.0 Å². The van der Waals surface area contributed by atoms with E-state index in [9.17, 15) is 0 Å². The third kappa shape index (κ3) is 6.49. The standard InChI is InChI=1S/C18H32N2O/c1-6-12-19-18(14-20(7-2)13-15(3)4)16-8-10-17(21-5)11-9-16/h8-11,15,18-19H,6-7,12-14H2,1-5H3. The summed E-state index contributed by atoms with van der Waals surface area (Å²) < 4.78 is 5.25. The smallest absolute Gasteiger partial charge is 0.118 e. The lowest BCUT2D eigenvalue weighted by atomic mass is 10.0. The molecule has 0 aliphatic carbocycles. The van der Waals surface area contributed by atoms with Crippen LogP contribution in [0.4, 0.5) is 0 Å². The van der Waals surface area contributed by atoms with Gasteiger partial charge in [-0.1, -0.05) is 39.8 Å². The Hall–Kier alpha value is -1.06. The maximum absolute atomic E-state index is 5.25. The topological polar surface area (TPSA) is 24.5 Å². The molecular formula is C18H32N2O. The molecule has 1 rings (SSSR count). The van der Waals surface area contributed by atoms with Crippen LogP contribution in [0.1, 0.15) is 45.7 Å². The van der Waals surface area contributed by atoms with Gasteiger partial charge in [-0.25, -0.2) is 0 Å². The molecule has 0 aliphatic heterocycles. The Morgan fingerprint density at radius 1 is 1.10 bits per heavy atom. The first-order chi connectivity index (χ1) is 10.1. The number of nitrogens with one attached hydrogen (secondary N) is 1. The van der Waals surface area contributed by atoms with Crippen LogP contribution in [-0.2, 0) is 0 Å². The number of methoxy groups -OCH3 is 1. The predicted octanol–water partition coefficient (Wildman–Crippen LogP) is 3.71. The lowest BCUT2D eigenvalue weighted by molar-refractivity contribution is 0.228. The fourth-order valence-electron chi connectivity index (χ4n) is 2.55. The summed E-state index contributed by atoms with van der Waals surface area (Å²) in [5.41, 5.74) is 1.34. The van der Waals surface area contributed by atoms with Gasteiger partial charge in [0.25, 0.3) is 0 Å². The average Bonchev–Trinajstić information content (AvgIpc) is 2.50. The van der Waals surface area contributed by atoms with E-state index < -0.39 is 0 Å². The van der Waals surface area contributed by atoms with E-state index in [1.54, 1.807) is 7.11 Å². The maximum Gasteiger partial charge on any atom is 0.118 e. The van der Waals surface area contributed by atoms with Gasteiger partial charge in [0.15, 0.2) is 0 Å². The van der Waals surface area contributed by atoms with Gasteiger partial charge in [0.05, 0.1) is 7.11 Å². The zero-order chi connectivity index (χ0) is 15.7. The third-order valence-corrected chi connectivity index (χ3v) is 3.67. The highest BCUT2D eigenvalue weighted by molar-refractivity contribution is 5.29. The molecule has 1 aromatic rings. The average molecular weight is 292 g/mol. The van der Waals surface area contributed by atoms with Gasteiger partial charge in [-0.3, -0.25) is 0 Å². The van der Waals surface area contributed by atoms with Crippen molar-refractivity contribution in [3.8, 4) is 5.75 Å². The zero-order valence-corrected chi connectivity index (χ0v) is 14.4. The quantitative estimate of drug-likeness (QED) is 0.711. The van der Waals surface area contributed by atoms with Crippen molar-refractivity contribution in [2.45, 2.75) is 40.2 Å². The summed E-state index contributed by atoms with van der Waals surface area (Å²) in [6.45, 7) is 13.4. The van der Waals surface area contributed by atoms with Crippen molar-refractivity contribution in [3.05, 3.63) is 29.8 Å². The monoisotopic (exact) mass is 292 g/mol. The summed E-state index contributed by atoms with van der Waals surface area (Å²) in [4.78, 5) is 2.53. The normalized spacial score (nSPS) is 12.9. The van der Waals surface area contributed by atoms with E-state index in [1.165, 1.54) is 5.56 Å². The largest absolute Gasteiger partial charge is 0.497 e. The number of likely N-dealkylation sites (N-methyl/N-ethyl adjacent to an activating group) is 1. The second-order valence-corrected chi connectivity index (χ2v) is 6.03. The lowest BCUT2D eigenvalue weighted by Crippen LogP contribution is -2.37. The van der Waals surface area contributed by atoms with Gasteiger partial charge >= 0.3 is 0 Å². The number of nitrogens with zero attached hydrogens (tertiary/aromatic N) is 1. The molecule has 3 heteroatoms. The van der Waals surface area contributed by atoms with E-state index in [2.05, 4.69) is 62.2 Å². The highest BCUT2D eigenvalue weighted by Gasteiger charge is 2.15. The van der Waals surface area contributed by atoms with Crippen LogP contribution in [0.2, 0.25) is 0 Å². The molecule has 0 fully saturated rings. The lowest BCUT2D eigenvalue weighted by Gasteiger charge is -2.29. The molecule has 0 saturated carbocycles. The third-order valence-electron chi connectivity index (χ3n) is 3.67. The first-order valence-corrected chi connectivity index (χ1v) is 8.20. The number of hydrogen-bond donors (Lipinski definition) is 1. The zero-order valence-electron chi connectivity index (χ0n) is 14.4. The molecule has 0 saturated heterocycles. The highest BCUT2D eigenvalue weighted by Crippen LogP contribution is 2.19. The van der Waals surface area contributed by atoms with Crippen LogP contribution in [0.5, 0.6) is 5.75 Å². The molecule has 1 atom stereocenters. The van der Waals surface area contributed by atoms with E-state index >= 15 is 0 Å². The maximum atomic E-state index is 5.25.